The standard InChI is InChI=1S/C11H20N4O4S2/c1-3-12-11-10(6-5-7-13-11)21(18,19)15-8-9-20(16,17)14-4-2/h5-7,14-15H,3-4,8-9H2,1-2H3,(H,12,13). The number of pyridine rings is 1. The van der Waals surface area contributed by atoms with E-state index in [9.17, 15) is 16.8 Å². The highest BCUT2D eigenvalue weighted by atomic mass is 32.2. The van der Waals surface area contributed by atoms with Crippen molar-refractivity contribution in [1.29, 1.82) is 0 Å². The van der Waals surface area contributed by atoms with Crippen LogP contribution in [0, 0.1) is 0 Å². The smallest absolute Gasteiger partial charge is 0.244 e. The van der Waals surface area contributed by atoms with E-state index in [4.69, 9.17) is 0 Å². The molecule has 0 aliphatic heterocycles. The number of anilines is 1. The zero-order valence-corrected chi connectivity index (χ0v) is 13.6. The molecule has 0 fully saturated rings. The molecule has 1 aromatic heterocycles. The van der Waals surface area contributed by atoms with Crippen molar-refractivity contribution in [3.05, 3.63) is 18.3 Å². The summed E-state index contributed by atoms with van der Waals surface area (Å²) >= 11 is 0. The zero-order chi connectivity index (χ0) is 15.9. The van der Waals surface area contributed by atoms with Crippen LogP contribution in [-0.2, 0) is 20.0 Å². The van der Waals surface area contributed by atoms with Crippen molar-refractivity contribution >= 4 is 25.9 Å². The molecule has 0 amide bonds. The molecule has 0 bridgehead atoms. The molecule has 8 nitrogen and oxygen atoms in total. The average molecular weight is 336 g/mol. The highest BCUT2D eigenvalue weighted by Crippen LogP contribution is 2.17. The zero-order valence-electron chi connectivity index (χ0n) is 12.0. The molecule has 0 unspecified atom stereocenters. The second kappa shape index (κ2) is 7.69. The van der Waals surface area contributed by atoms with Gasteiger partial charge in [0.1, 0.15) is 10.7 Å². The van der Waals surface area contributed by atoms with Crippen molar-refractivity contribution < 1.29 is 16.8 Å². The van der Waals surface area contributed by atoms with E-state index in [1.165, 1.54) is 18.3 Å². The van der Waals surface area contributed by atoms with E-state index in [0.717, 1.165) is 0 Å². The lowest BCUT2D eigenvalue weighted by Crippen LogP contribution is -2.34. The Bertz CT molecular complexity index is 659. The minimum atomic E-state index is -3.82. The summed E-state index contributed by atoms with van der Waals surface area (Å²) in [5, 5.41) is 2.85. The van der Waals surface area contributed by atoms with Gasteiger partial charge in [-0.15, -0.1) is 0 Å². The summed E-state index contributed by atoms with van der Waals surface area (Å²) in [6.07, 6.45) is 1.48. The van der Waals surface area contributed by atoms with Crippen LogP contribution in [0.1, 0.15) is 13.8 Å². The van der Waals surface area contributed by atoms with Crippen LogP contribution in [0.2, 0.25) is 0 Å². The van der Waals surface area contributed by atoms with E-state index in [1.54, 1.807) is 6.92 Å². The molecular formula is C11H20N4O4S2. The van der Waals surface area contributed by atoms with Crippen LogP contribution in [0.5, 0.6) is 0 Å². The van der Waals surface area contributed by atoms with Crippen LogP contribution < -0.4 is 14.8 Å². The van der Waals surface area contributed by atoms with Gasteiger partial charge >= 0.3 is 0 Å². The number of hydrogen-bond acceptors (Lipinski definition) is 6. The summed E-state index contributed by atoms with van der Waals surface area (Å²) in [7, 11) is -7.28. The van der Waals surface area contributed by atoms with Gasteiger partial charge in [0.2, 0.25) is 20.0 Å². The van der Waals surface area contributed by atoms with E-state index in [2.05, 4.69) is 19.7 Å². The normalized spacial score (nSPS) is 12.3. The Labute approximate surface area is 125 Å². The predicted octanol–water partition coefficient (Wildman–Crippen LogP) is -0.269. The van der Waals surface area contributed by atoms with Gasteiger partial charge in [0.25, 0.3) is 0 Å². The Balaban J connectivity index is 2.79. The Morgan fingerprint density at radius 2 is 1.81 bits per heavy atom. The fraction of sp³-hybridized carbons (Fsp3) is 0.545. The third-order valence-electron chi connectivity index (χ3n) is 2.43. The maximum atomic E-state index is 12.2. The maximum absolute atomic E-state index is 12.2. The first-order valence-electron chi connectivity index (χ1n) is 6.48. The van der Waals surface area contributed by atoms with E-state index in [-0.39, 0.29) is 29.6 Å². The van der Waals surface area contributed by atoms with E-state index >= 15 is 0 Å². The first kappa shape index (κ1) is 17.8. The molecule has 120 valence electrons. The molecule has 0 aliphatic carbocycles. The van der Waals surface area contributed by atoms with E-state index in [0.29, 0.717) is 6.54 Å². The molecule has 1 heterocycles. The number of aromatic nitrogens is 1. The first-order chi connectivity index (χ1) is 9.82. The van der Waals surface area contributed by atoms with Gasteiger partial charge in [0.15, 0.2) is 0 Å². The average Bonchev–Trinajstić information content (AvgIpc) is 2.39. The lowest BCUT2D eigenvalue weighted by Gasteiger charge is -2.11. The summed E-state index contributed by atoms with van der Waals surface area (Å²) in [6, 6.07) is 2.91. The second-order valence-corrected chi connectivity index (χ2v) is 7.76. The second-order valence-electron chi connectivity index (χ2n) is 4.10. The van der Waals surface area contributed by atoms with Crippen LogP contribution in [-0.4, -0.2) is 47.2 Å². The Hall–Kier alpha value is -1.23. The molecule has 0 aromatic carbocycles. The highest BCUT2D eigenvalue weighted by Gasteiger charge is 2.19. The van der Waals surface area contributed by atoms with Crippen molar-refractivity contribution in [1.82, 2.24) is 14.4 Å². The third-order valence-corrected chi connectivity index (χ3v) is 5.39. The first-order valence-corrected chi connectivity index (χ1v) is 9.62. The summed E-state index contributed by atoms with van der Waals surface area (Å²) in [5.41, 5.74) is 0. The Morgan fingerprint density at radius 1 is 1.10 bits per heavy atom. The fourth-order valence-corrected chi connectivity index (χ4v) is 3.84. The molecule has 0 saturated carbocycles. The molecular weight excluding hydrogens is 316 g/mol. The van der Waals surface area contributed by atoms with Crippen LogP contribution in [0.3, 0.4) is 0 Å². The lowest BCUT2D eigenvalue weighted by molar-refractivity contribution is 0.576. The molecule has 0 radical (unpaired) electrons. The molecule has 0 atom stereocenters. The summed E-state index contributed by atoms with van der Waals surface area (Å²) < 4.78 is 51.8. The molecule has 0 aliphatic rings. The number of nitrogens with one attached hydrogen (secondary N) is 3. The summed E-state index contributed by atoms with van der Waals surface area (Å²) in [5.74, 6) is -0.0845. The monoisotopic (exact) mass is 336 g/mol. The largest absolute Gasteiger partial charge is 0.369 e. The van der Waals surface area contributed by atoms with E-state index < -0.39 is 20.0 Å². The van der Waals surface area contributed by atoms with Gasteiger partial charge in [-0.05, 0) is 19.1 Å². The Kier molecular flexibility index (Phi) is 6.52. The van der Waals surface area contributed by atoms with Gasteiger partial charge in [0, 0.05) is 25.8 Å². The van der Waals surface area contributed by atoms with Gasteiger partial charge < -0.3 is 5.32 Å². The molecule has 21 heavy (non-hydrogen) atoms. The van der Waals surface area contributed by atoms with Crippen LogP contribution >= 0.6 is 0 Å². The molecule has 3 N–H and O–H groups in total. The van der Waals surface area contributed by atoms with Crippen molar-refractivity contribution in [2.24, 2.45) is 0 Å². The van der Waals surface area contributed by atoms with Crippen LogP contribution in [0.4, 0.5) is 5.82 Å². The van der Waals surface area contributed by atoms with Gasteiger partial charge in [0.05, 0.1) is 5.75 Å². The van der Waals surface area contributed by atoms with Crippen LogP contribution in [0.15, 0.2) is 23.2 Å². The van der Waals surface area contributed by atoms with Gasteiger partial charge in [-0.2, -0.15) is 0 Å². The van der Waals surface area contributed by atoms with E-state index in [1.807, 2.05) is 6.92 Å². The lowest BCUT2D eigenvalue weighted by atomic mass is 10.4. The topological polar surface area (TPSA) is 117 Å². The number of rotatable bonds is 9. The van der Waals surface area contributed by atoms with Crippen LogP contribution in [0.25, 0.3) is 0 Å². The summed E-state index contributed by atoms with van der Waals surface area (Å²) in [6.45, 7) is 4.05. The number of hydrogen-bond donors (Lipinski definition) is 3. The molecule has 0 spiro atoms. The maximum Gasteiger partial charge on any atom is 0.244 e. The highest BCUT2D eigenvalue weighted by molar-refractivity contribution is 7.90. The molecule has 0 saturated heterocycles. The predicted molar refractivity (Wildman–Crippen MR) is 81.1 cm³/mol. The minimum absolute atomic E-state index is 0.00676. The van der Waals surface area contributed by atoms with Gasteiger partial charge in [-0.3, -0.25) is 0 Å². The summed E-state index contributed by atoms with van der Waals surface area (Å²) in [4.78, 5) is 3.95. The number of nitrogens with zero attached hydrogens (tertiary/aromatic N) is 1. The molecule has 10 heteroatoms. The molecule has 1 aromatic rings. The van der Waals surface area contributed by atoms with Crippen molar-refractivity contribution in [3.63, 3.8) is 0 Å². The van der Waals surface area contributed by atoms with Crippen molar-refractivity contribution in [2.75, 3.05) is 30.7 Å². The quantitative estimate of drug-likeness (QED) is 0.571. The van der Waals surface area contributed by atoms with Gasteiger partial charge in [-0.1, -0.05) is 6.92 Å². The SMILES string of the molecule is CCNc1ncccc1S(=O)(=O)NCCS(=O)(=O)NCC. The fourth-order valence-electron chi connectivity index (χ4n) is 1.59. The van der Waals surface area contributed by atoms with Crippen molar-refractivity contribution in [2.45, 2.75) is 18.7 Å². The minimum Gasteiger partial charge on any atom is -0.369 e. The Morgan fingerprint density at radius 3 is 2.43 bits per heavy atom. The third kappa shape index (κ3) is 5.58. The van der Waals surface area contributed by atoms with Crippen molar-refractivity contribution in [3.8, 4) is 0 Å². The molecule has 1 rings (SSSR count). The number of sulfonamides is 2. The van der Waals surface area contributed by atoms with Gasteiger partial charge in [-0.25, -0.2) is 31.3 Å².